The lowest BCUT2D eigenvalue weighted by Crippen LogP contribution is -2.61. The summed E-state index contributed by atoms with van der Waals surface area (Å²) in [6.07, 6.45) is -4.87. The predicted molar refractivity (Wildman–Crippen MR) is 169 cm³/mol. The Morgan fingerprint density at radius 1 is 1.02 bits per heavy atom. The molecule has 1 aliphatic carbocycles. The van der Waals surface area contributed by atoms with Gasteiger partial charge >= 0.3 is 12.2 Å². The molecule has 15 heteroatoms. The number of Topliss-reactive ketones (excluding diaryl/α,β-unsaturated/α-hetero) is 1. The molecule has 1 aliphatic heterocycles. The highest BCUT2D eigenvalue weighted by Crippen LogP contribution is 2.65. The van der Waals surface area contributed by atoms with Crippen molar-refractivity contribution in [2.24, 2.45) is 28.6 Å². The first kappa shape index (κ1) is 39.5. The van der Waals surface area contributed by atoms with Gasteiger partial charge in [0.25, 0.3) is 5.91 Å². The minimum absolute atomic E-state index is 0.106. The Morgan fingerprint density at radius 3 is 2.17 bits per heavy atom. The molecule has 4 N–H and O–H groups in total. The number of likely N-dealkylation sites (N-methyl/N-ethyl adjacent to an activating group) is 1. The average molecular weight is 673 g/mol. The molecule has 2 rings (SSSR count). The second kappa shape index (κ2) is 15.5. The number of hydrogen-bond donors (Lipinski definition) is 4. The second-order valence-electron chi connectivity index (χ2n) is 14.6. The molecular formula is C32H51F3N6O6. The van der Waals surface area contributed by atoms with Crippen LogP contribution in [0.4, 0.5) is 18.0 Å². The topological polar surface area (TPSA) is 157 Å². The molecule has 2 aliphatic rings. The zero-order valence-electron chi connectivity index (χ0n) is 28.7. The summed E-state index contributed by atoms with van der Waals surface area (Å²) in [5, 5.41) is 9.68. The number of rotatable bonds is 15. The van der Waals surface area contributed by atoms with Gasteiger partial charge in [0.1, 0.15) is 12.1 Å². The first-order valence-corrected chi connectivity index (χ1v) is 15.9. The van der Waals surface area contributed by atoms with E-state index in [0.29, 0.717) is 12.5 Å². The number of carbonyl (C=O) groups excluding carboxylic acids is 6. The summed E-state index contributed by atoms with van der Waals surface area (Å²) in [5.74, 6) is -4.29. The van der Waals surface area contributed by atoms with Crippen molar-refractivity contribution in [2.75, 3.05) is 33.2 Å². The highest BCUT2D eigenvalue weighted by atomic mass is 19.4. The highest BCUT2D eigenvalue weighted by Gasteiger charge is 2.70. The van der Waals surface area contributed by atoms with Crippen molar-refractivity contribution < 1.29 is 41.9 Å². The van der Waals surface area contributed by atoms with Crippen LogP contribution in [-0.4, -0.2) is 103 Å². The van der Waals surface area contributed by atoms with Gasteiger partial charge in [-0.1, -0.05) is 54.5 Å². The van der Waals surface area contributed by atoms with Crippen LogP contribution in [0.2, 0.25) is 0 Å². The van der Waals surface area contributed by atoms with E-state index in [1.807, 2.05) is 27.7 Å². The SMILES string of the molecule is C=CCNC(=O)C(=O)C(CCC(F)(F)F)NC(=O)[C@@H]1[C@@H]2[C@H](CN1C(=O)[C@@H](NC(=O)NCC(=O)N(C)CCC(C)C)C(C)(C)C)C2(C)C. The smallest absolute Gasteiger partial charge is 0.346 e. The lowest BCUT2D eigenvalue weighted by molar-refractivity contribution is -0.148. The van der Waals surface area contributed by atoms with Crippen LogP contribution in [0, 0.1) is 28.6 Å². The number of likely N-dealkylation sites (tertiary alicyclic amines) is 1. The molecule has 6 amide bonds. The minimum Gasteiger partial charge on any atom is -0.346 e. The molecule has 1 heterocycles. The standard InChI is InChI=1S/C32H51F3N6O6/c1-10-14-36-27(45)24(43)20(11-13-32(33,34)35)38-26(44)23-22-19(31(22,7)8)17-41(23)28(46)25(30(4,5)6)39-29(47)37-16-21(42)40(9)15-12-18(2)3/h10,18-20,22-23,25H,1,11-17H2,2-9H3,(H,36,45)(H,38,44)(H2,37,39,47)/t19-,20?,22-,23-,25+/m0/s1. The third-order valence-corrected chi connectivity index (χ3v) is 9.00. The maximum Gasteiger partial charge on any atom is 0.389 e. The number of nitrogens with zero attached hydrogens (tertiary/aromatic N) is 2. The van der Waals surface area contributed by atoms with Gasteiger partial charge in [-0.3, -0.25) is 24.0 Å². The summed E-state index contributed by atoms with van der Waals surface area (Å²) < 4.78 is 39.3. The van der Waals surface area contributed by atoms with Gasteiger partial charge in [-0.2, -0.15) is 13.2 Å². The van der Waals surface area contributed by atoms with Crippen molar-refractivity contribution in [1.82, 2.24) is 31.1 Å². The molecule has 1 saturated heterocycles. The largest absolute Gasteiger partial charge is 0.389 e. The summed E-state index contributed by atoms with van der Waals surface area (Å²) in [4.78, 5) is 81.2. The lowest BCUT2D eigenvalue weighted by atomic mass is 9.85. The van der Waals surface area contributed by atoms with Gasteiger partial charge in [-0.05, 0) is 41.4 Å². The van der Waals surface area contributed by atoms with Crippen molar-refractivity contribution in [3.8, 4) is 0 Å². The molecule has 5 atom stereocenters. The summed E-state index contributed by atoms with van der Waals surface area (Å²) >= 11 is 0. The fraction of sp³-hybridized carbons (Fsp3) is 0.750. The van der Waals surface area contributed by atoms with E-state index in [1.54, 1.807) is 27.8 Å². The summed E-state index contributed by atoms with van der Waals surface area (Å²) in [7, 11) is 1.63. The molecule has 2 fully saturated rings. The van der Waals surface area contributed by atoms with E-state index < -0.39 is 72.1 Å². The molecular weight excluding hydrogens is 621 g/mol. The minimum atomic E-state index is -4.65. The number of amides is 6. The Balaban J connectivity index is 2.25. The number of piperidine rings is 1. The van der Waals surface area contributed by atoms with Crippen LogP contribution in [-0.2, 0) is 24.0 Å². The molecule has 0 aromatic carbocycles. The molecule has 1 saturated carbocycles. The van der Waals surface area contributed by atoms with Crippen LogP contribution < -0.4 is 21.3 Å². The molecule has 1 unspecified atom stereocenters. The van der Waals surface area contributed by atoms with Crippen LogP contribution in [0.25, 0.3) is 0 Å². The van der Waals surface area contributed by atoms with Crippen LogP contribution in [0.1, 0.15) is 67.7 Å². The van der Waals surface area contributed by atoms with Gasteiger partial charge in [-0.15, -0.1) is 6.58 Å². The van der Waals surface area contributed by atoms with Crippen LogP contribution in [0.5, 0.6) is 0 Å². The Labute approximate surface area is 275 Å². The maximum atomic E-state index is 14.1. The van der Waals surface area contributed by atoms with Crippen LogP contribution in [0.3, 0.4) is 0 Å². The van der Waals surface area contributed by atoms with E-state index in [2.05, 4.69) is 27.8 Å². The van der Waals surface area contributed by atoms with E-state index in [1.165, 1.54) is 15.9 Å². The number of ketones is 1. The van der Waals surface area contributed by atoms with Gasteiger partial charge in [0.05, 0.1) is 12.6 Å². The van der Waals surface area contributed by atoms with E-state index >= 15 is 0 Å². The number of alkyl halides is 3. The predicted octanol–water partition coefficient (Wildman–Crippen LogP) is 2.39. The normalized spacial score (nSPS) is 21.2. The number of hydrogen-bond acceptors (Lipinski definition) is 6. The molecule has 266 valence electrons. The van der Waals surface area contributed by atoms with Gasteiger partial charge in [-0.25, -0.2) is 4.79 Å². The third kappa shape index (κ3) is 10.7. The summed E-state index contributed by atoms with van der Waals surface area (Å²) in [6, 6.07) is -4.87. The van der Waals surface area contributed by atoms with Gasteiger partial charge in [0.2, 0.25) is 23.5 Å². The number of halogens is 3. The number of nitrogens with one attached hydrogen (secondary N) is 4. The van der Waals surface area contributed by atoms with E-state index in [4.69, 9.17) is 0 Å². The van der Waals surface area contributed by atoms with E-state index in [0.717, 1.165) is 6.42 Å². The van der Waals surface area contributed by atoms with E-state index in [-0.39, 0.29) is 42.8 Å². The Morgan fingerprint density at radius 2 is 1.64 bits per heavy atom. The fourth-order valence-corrected chi connectivity index (χ4v) is 5.92. The zero-order chi connectivity index (χ0) is 36.1. The number of fused-ring (bicyclic) bond motifs is 1. The van der Waals surface area contributed by atoms with Gasteiger partial charge in [0.15, 0.2) is 0 Å². The molecule has 47 heavy (non-hydrogen) atoms. The highest BCUT2D eigenvalue weighted by molar-refractivity contribution is 6.38. The quantitative estimate of drug-likeness (QED) is 0.155. The van der Waals surface area contributed by atoms with Crippen molar-refractivity contribution in [3.05, 3.63) is 12.7 Å². The van der Waals surface area contributed by atoms with E-state index in [9.17, 15) is 41.9 Å². The maximum absolute atomic E-state index is 14.1. The molecule has 12 nitrogen and oxygen atoms in total. The van der Waals surface area contributed by atoms with Crippen molar-refractivity contribution >= 4 is 35.4 Å². The molecule has 0 aromatic heterocycles. The summed E-state index contributed by atoms with van der Waals surface area (Å²) in [6.45, 7) is 16.7. The van der Waals surface area contributed by atoms with Gasteiger partial charge < -0.3 is 31.1 Å². The van der Waals surface area contributed by atoms with Crippen LogP contribution in [0.15, 0.2) is 12.7 Å². The third-order valence-electron chi connectivity index (χ3n) is 9.00. The Hall–Kier alpha value is -3.65. The molecule has 0 radical (unpaired) electrons. The first-order valence-electron chi connectivity index (χ1n) is 15.9. The van der Waals surface area contributed by atoms with Gasteiger partial charge in [0, 0.05) is 33.1 Å². The second-order valence-corrected chi connectivity index (χ2v) is 14.6. The fourth-order valence-electron chi connectivity index (χ4n) is 5.92. The van der Waals surface area contributed by atoms with Crippen molar-refractivity contribution in [1.29, 1.82) is 0 Å². The molecule has 0 bridgehead atoms. The number of carbonyl (C=O) groups is 6. The van der Waals surface area contributed by atoms with Crippen molar-refractivity contribution in [3.63, 3.8) is 0 Å². The van der Waals surface area contributed by atoms with Crippen LogP contribution >= 0.6 is 0 Å². The Bertz CT molecular complexity index is 1210. The zero-order valence-corrected chi connectivity index (χ0v) is 28.7. The average Bonchev–Trinajstić information content (AvgIpc) is 3.28. The summed E-state index contributed by atoms with van der Waals surface area (Å²) in [5.41, 5.74) is -1.24. The number of urea groups is 1. The molecule has 0 aromatic rings. The Kier molecular flexibility index (Phi) is 13.0. The monoisotopic (exact) mass is 672 g/mol. The van der Waals surface area contributed by atoms with Crippen molar-refractivity contribution in [2.45, 2.75) is 92.0 Å². The first-order chi connectivity index (χ1) is 21.5. The molecule has 0 spiro atoms. The lowest BCUT2D eigenvalue weighted by Gasteiger charge is -2.38.